The Morgan fingerprint density at radius 3 is 2.55 bits per heavy atom. The second kappa shape index (κ2) is 7.90. The molecule has 1 amide bonds. The second-order valence-corrected chi connectivity index (χ2v) is 8.20. The number of allylic oxidation sites excluding steroid dienone is 2. The van der Waals surface area contributed by atoms with E-state index in [0.29, 0.717) is 16.9 Å². The molecule has 2 aliphatic rings. The zero-order valence-electron chi connectivity index (χ0n) is 15.5. The molecule has 2 atom stereocenters. The van der Waals surface area contributed by atoms with Crippen molar-refractivity contribution in [1.29, 1.82) is 0 Å². The molecule has 1 aliphatic heterocycles. The molecule has 2 heterocycles. The van der Waals surface area contributed by atoms with Crippen molar-refractivity contribution in [3.05, 3.63) is 39.9 Å². The Morgan fingerprint density at radius 2 is 1.97 bits per heavy atom. The van der Waals surface area contributed by atoms with Crippen LogP contribution in [0.5, 0.6) is 5.06 Å². The molecule has 6 nitrogen and oxygen atoms in total. The molecule has 1 aromatic heterocycles. The highest BCUT2D eigenvalue weighted by atomic mass is 35.5. The van der Waals surface area contributed by atoms with E-state index in [4.69, 9.17) is 16.7 Å². The molecule has 0 bridgehead atoms. The monoisotopic (exact) mass is 485 g/mol. The number of amides is 1. The van der Waals surface area contributed by atoms with Crippen LogP contribution >= 0.6 is 22.9 Å². The third-order valence-electron chi connectivity index (χ3n) is 4.78. The van der Waals surface area contributed by atoms with Crippen LogP contribution in [0.2, 0.25) is 0 Å². The first-order valence-corrected chi connectivity index (χ1v) is 9.91. The predicted molar refractivity (Wildman–Crippen MR) is 98.2 cm³/mol. The number of aliphatic carboxylic acids is 1. The number of hydrogen-bond acceptors (Lipinski definition) is 5. The maximum Gasteiger partial charge on any atom is 0.499 e. The van der Waals surface area contributed by atoms with E-state index in [-0.39, 0.29) is 23.3 Å². The van der Waals surface area contributed by atoms with Crippen molar-refractivity contribution in [2.45, 2.75) is 43.5 Å². The van der Waals surface area contributed by atoms with Crippen LogP contribution in [0.25, 0.3) is 0 Å². The van der Waals surface area contributed by atoms with Crippen LogP contribution in [0.4, 0.5) is 22.0 Å². The molecule has 168 valence electrons. The van der Waals surface area contributed by atoms with Gasteiger partial charge in [-0.3, -0.25) is 14.4 Å². The number of hydrogen-bond donors (Lipinski definition) is 1. The molecule has 0 fully saturated rings. The minimum atomic E-state index is -5.94. The molecular formula is C18H13ClF5NO5S. The molecule has 1 aliphatic carbocycles. The van der Waals surface area contributed by atoms with Gasteiger partial charge in [0.25, 0.3) is 5.91 Å². The predicted octanol–water partition coefficient (Wildman–Crippen LogP) is 4.36. The highest BCUT2D eigenvalue weighted by Crippen LogP contribution is 2.43. The number of ketones is 1. The first kappa shape index (κ1) is 23.2. The fraction of sp³-hybridized carbons (Fsp3) is 0.389. The normalized spacial score (nSPS) is 21.8. The molecule has 0 saturated heterocycles. The summed E-state index contributed by atoms with van der Waals surface area (Å²) in [5, 5.41) is 8.41. The molecule has 2 unspecified atom stereocenters. The molecule has 31 heavy (non-hydrogen) atoms. The minimum absolute atomic E-state index is 0.0158. The topological polar surface area (TPSA) is 83.9 Å². The number of rotatable bonds is 5. The fourth-order valence-corrected chi connectivity index (χ4v) is 4.37. The summed E-state index contributed by atoms with van der Waals surface area (Å²) in [5.41, 5.74) is 0.524. The Bertz CT molecular complexity index is 1020. The van der Waals surface area contributed by atoms with E-state index in [1.54, 1.807) is 0 Å². The van der Waals surface area contributed by atoms with Crippen molar-refractivity contribution in [3.63, 3.8) is 0 Å². The third kappa shape index (κ3) is 4.31. The average molecular weight is 486 g/mol. The highest BCUT2D eigenvalue weighted by Gasteiger charge is 2.61. The SMILES string of the molecule is CC1=C(CC(=O)O)C2=CC(=O)C(Cl)CC2N1C(=O)c1csc(OC(F)(F)C(F)(F)F)c1. The lowest BCUT2D eigenvalue weighted by atomic mass is 9.89. The highest BCUT2D eigenvalue weighted by molar-refractivity contribution is 7.12. The van der Waals surface area contributed by atoms with Crippen molar-refractivity contribution in [1.82, 2.24) is 4.90 Å². The van der Waals surface area contributed by atoms with E-state index < -0.39 is 52.8 Å². The first-order chi connectivity index (χ1) is 14.2. The molecule has 0 spiro atoms. The quantitative estimate of drug-likeness (QED) is 0.495. The van der Waals surface area contributed by atoms with Gasteiger partial charge in [0.15, 0.2) is 10.8 Å². The standard InChI is InChI=1S/C18H13ClF5NO5S/c1-7-9(4-14(27)28)10-3-13(26)11(19)5-12(10)25(7)16(29)8-2-15(31-6-8)30-18(23,24)17(20,21)22/h2-3,6,11-12H,4-5H2,1H3,(H,27,28). The van der Waals surface area contributed by atoms with Crippen LogP contribution in [0.15, 0.2) is 34.4 Å². The summed E-state index contributed by atoms with van der Waals surface area (Å²) in [6.45, 7) is 1.45. The number of carboxylic acid groups (broad SMARTS) is 1. The lowest BCUT2D eigenvalue weighted by Crippen LogP contribution is -2.41. The summed E-state index contributed by atoms with van der Waals surface area (Å²) in [5.74, 6) is -2.43. The Hall–Kier alpha value is -2.47. The molecular weight excluding hydrogens is 473 g/mol. The van der Waals surface area contributed by atoms with E-state index in [0.717, 1.165) is 11.4 Å². The van der Waals surface area contributed by atoms with Gasteiger partial charge in [0.05, 0.1) is 23.4 Å². The molecule has 0 aromatic carbocycles. The number of carboxylic acids is 1. The van der Waals surface area contributed by atoms with Crippen LogP contribution in [-0.2, 0) is 9.59 Å². The first-order valence-electron chi connectivity index (χ1n) is 8.60. The van der Waals surface area contributed by atoms with Crippen LogP contribution in [0.3, 0.4) is 0 Å². The van der Waals surface area contributed by atoms with Gasteiger partial charge in [0.1, 0.15) is 0 Å². The molecule has 0 radical (unpaired) electrons. The van der Waals surface area contributed by atoms with Gasteiger partial charge in [-0.15, -0.1) is 22.9 Å². The molecule has 0 saturated carbocycles. The Balaban J connectivity index is 1.93. The summed E-state index contributed by atoms with van der Waals surface area (Å²) in [6.07, 6.45) is -10.7. The zero-order valence-corrected chi connectivity index (χ0v) is 17.1. The number of thiophene rings is 1. The lowest BCUT2D eigenvalue weighted by molar-refractivity contribution is -0.359. The van der Waals surface area contributed by atoms with Gasteiger partial charge in [-0.1, -0.05) is 0 Å². The Labute approximate surface area is 180 Å². The van der Waals surface area contributed by atoms with Gasteiger partial charge in [-0.25, -0.2) is 0 Å². The number of carbonyl (C=O) groups is 3. The number of carbonyl (C=O) groups excluding carboxylic acids is 2. The minimum Gasteiger partial charge on any atom is -0.481 e. The van der Waals surface area contributed by atoms with Crippen LogP contribution in [0, 0.1) is 0 Å². The lowest BCUT2D eigenvalue weighted by Gasteiger charge is -2.30. The van der Waals surface area contributed by atoms with Crippen LogP contribution in [0.1, 0.15) is 30.1 Å². The second-order valence-electron chi connectivity index (χ2n) is 6.80. The summed E-state index contributed by atoms with van der Waals surface area (Å²) in [6, 6.07) is -0.0343. The smallest absolute Gasteiger partial charge is 0.481 e. The summed E-state index contributed by atoms with van der Waals surface area (Å²) >= 11 is 6.36. The van der Waals surface area contributed by atoms with Gasteiger partial charge >= 0.3 is 18.3 Å². The van der Waals surface area contributed by atoms with Gasteiger partial charge < -0.3 is 14.7 Å². The van der Waals surface area contributed by atoms with E-state index in [1.807, 2.05) is 0 Å². The fourth-order valence-electron chi connectivity index (χ4n) is 3.38. The summed E-state index contributed by atoms with van der Waals surface area (Å²) in [4.78, 5) is 37.4. The Kier molecular flexibility index (Phi) is 5.91. The van der Waals surface area contributed by atoms with Crippen LogP contribution in [-0.4, -0.2) is 51.4 Å². The number of nitrogens with zero attached hydrogens (tertiary/aromatic N) is 1. The van der Waals surface area contributed by atoms with E-state index in [1.165, 1.54) is 17.9 Å². The van der Waals surface area contributed by atoms with E-state index >= 15 is 0 Å². The van der Waals surface area contributed by atoms with Crippen molar-refractivity contribution in [3.8, 4) is 5.06 Å². The summed E-state index contributed by atoms with van der Waals surface area (Å²) in [7, 11) is 0. The Morgan fingerprint density at radius 1 is 1.32 bits per heavy atom. The maximum absolute atomic E-state index is 13.1. The molecule has 1 aromatic rings. The summed E-state index contributed by atoms with van der Waals surface area (Å²) < 4.78 is 67.0. The molecule has 13 heteroatoms. The van der Waals surface area contributed by atoms with Gasteiger partial charge in [0, 0.05) is 17.1 Å². The van der Waals surface area contributed by atoms with Crippen molar-refractivity contribution >= 4 is 40.6 Å². The van der Waals surface area contributed by atoms with E-state index in [2.05, 4.69) is 4.74 Å². The molecule has 1 N–H and O–H groups in total. The van der Waals surface area contributed by atoms with Crippen molar-refractivity contribution in [2.24, 2.45) is 0 Å². The number of fused-ring (bicyclic) bond motifs is 1. The third-order valence-corrected chi connectivity index (χ3v) is 5.98. The van der Waals surface area contributed by atoms with Gasteiger partial charge in [-0.05, 0) is 30.6 Å². The van der Waals surface area contributed by atoms with Gasteiger partial charge in [-0.2, -0.15) is 22.0 Å². The number of halogens is 6. The zero-order chi connectivity index (χ0) is 23.3. The number of alkyl halides is 6. The van der Waals surface area contributed by atoms with Crippen molar-refractivity contribution < 1.29 is 46.2 Å². The van der Waals surface area contributed by atoms with Crippen LogP contribution < -0.4 is 4.74 Å². The average Bonchev–Trinajstić information content (AvgIpc) is 3.18. The maximum atomic E-state index is 13.1. The van der Waals surface area contributed by atoms with E-state index in [9.17, 15) is 36.3 Å². The molecule has 3 rings (SSSR count). The van der Waals surface area contributed by atoms with Crippen molar-refractivity contribution in [2.75, 3.05) is 0 Å². The number of ether oxygens (including phenoxy) is 1. The largest absolute Gasteiger partial charge is 0.499 e. The van der Waals surface area contributed by atoms with Gasteiger partial charge in [0.2, 0.25) is 0 Å².